The number of amides is 1. The van der Waals surface area contributed by atoms with Gasteiger partial charge in [-0.2, -0.15) is 0 Å². The Hall–Kier alpha value is -2.94. The van der Waals surface area contributed by atoms with Crippen LogP contribution in [0.1, 0.15) is 5.56 Å². The summed E-state index contributed by atoms with van der Waals surface area (Å²) in [6.07, 6.45) is 14.7. The van der Waals surface area contributed by atoms with E-state index in [0.717, 1.165) is 22.2 Å². The third-order valence-electron chi connectivity index (χ3n) is 3.55. The molecule has 0 unspecified atom stereocenters. The quantitative estimate of drug-likeness (QED) is 0.904. The van der Waals surface area contributed by atoms with E-state index in [2.05, 4.69) is 10.3 Å². The van der Waals surface area contributed by atoms with Crippen molar-refractivity contribution < 1.29 is 4.79 Å². The Labute approximate surface area is 129 Å². The van der Waals surface area contributed by atoms with Crippen LogP contribution in [0.4, 0.5) is 5.69 Å². The predicted molar refractivity (Wildman–Crippen MR) is 90.6 cm³/mol. The van der Waals surface area contributed by atoms with Crippen LogP contribution in [0, 0.1) is 6.92 Å². The number of carbonyl (C=O) groups is 1. The van der Waals surface area contributed by atoms with Crippen molar-refractivity contribution in [3.63, 3.8) is 0 Å². The lowest BCUT2D eigenvalue weighted by Gasteiger charge is -2.11. The molecule has 3 nitrogen and oxygen atoms in total. The van der Waals surface area contributed by atoms with Gasteiger partial charge in [0.05, 0.1) is 17.4 Å². The number of allylic oxidation sites excluding steroid dienone is 6. The highest BCUT2D eigenvalue weighted by Crippen LogP contribution is 2.23. The zero-order chi connectivity index (χ0) is 15.4. The Morgan fingerprint density at radius 1 is 1.05 bits per heavy atom. The van der Waals surface area contributed by atoms with E-state index in [1.807, 2.05) is 61.6 Å². The number of pyridine rings is 1. The molecule has 108 valence electrons. The van der Waals surface area contributed by atoms with Crippen LogP contribution in [-0.2, 0) is 4.79 Å². The fourth-order valence-corrected chi connectivity index (χ4v) is 2.32. The Morgan fingerprint density at radius 3 is 2.73 bits per heavy atom. The number of nitrogens with one attached hydrogen (secondary N) is 1. The molecule has 0 radical (unpaired) electrons. The number of fused-ring (bicyclic) bond motifs is 1. The summed E-state index contributed by atoms with van der Waals surface area (Å²) in [5.41, 5.74) is 3.29. The zero-order valence-corrected chi connectivity index (χ0v) is 12.3. The number of hydrogen-bond acceptors (Lipinski definition) is 2. The van der Waals surface area contributed by atoms with E-state index in [0.29, 0.717) is 5.57 Å². The van der Waals surface area contributed by atoms with Gasteiger partial charge in [-0.3, -0.25) is 9.78 Å². The van der Waals surface area contributed by atoms with Crippen molar-refractivity contribution in [1.29, 1.82) is 0 Å². The summed E-state index contributed by atoms with van der Waals surface area (Å²) in [6.45, 7) is 1.99. The van der Waals surface area contributed by atoms with Crippen LogP contribution in [0.5, 0.6) is 0 Å². The molecular weight excluding hydrogens is 272 g/mol. The summed E-state index contributed by atoms with van der Waals surface area (Å²) in [6, 6.07) is 7.90. The summed E-state index contributed by atoms with van der Waals surface area (Å²) >= 11 is 0. The molecule has 1 N–H and O–H groups in total. The van der Waals surface area contributed by atoms with Crippen LogP contribution in [0.2, 0.25) is 0 Å². The van der Waals surface area contributed by atoms with Crippen molar-refractivity contribution >= 4 is 22.5 Å². The number of hydrogen-bond donors (Lipinski definition) is 1. The van der Waals surface area contributed by atoms with Crippen LogP contribution in [0.15, 0.2) is 78.6 Å². The maximum Gasteiger partial charge on any atom is 0.255 e. The van der Waals surface area contributed by atoms with Gasteiger partial charge in [0.15, 0.2) is 0 Å². The highest BCUT2D eigenvalue weighted by molar-refractivity contribution is 6.07. The summed E-state index contributed by atoms with van der Waals surface area (Å²) in [5.74, 6) is -0.142. The zero-order valence-electron chi connectivity index (χ0n) is 12.3. The van der Waals surface area contributed by atoms with Crippen molar-refractivity contribution in [2.75, 3.05) is 5.32 Å². The maximum atomic E-state index is 12.4. The second kappa shape index (κ2) is 6.22. The largest absolute Gasteiger partial charge is 0.320 e. The molecule has 0 spiro atoms. The summed E-state index contributed by atoms with van der Waals surface area (Å²) in [5, 5.41) is 3.99. The number of nitrogens with zero attached hydrogens (tertiary/aromatic N) is 1. The van der Waals surface area contributed by atoms with E-state index < -0.39 is 0 Å². The fourth-order valence-electron chi connectivity index (χ4n) is 2.32. The molecule has 1 aliphatic rings. The second-order valence-corrected chi connectivity index (χ2v) is 5.02. The van der Waals surface area contributed by atoms with Crippen molar-refractivity contribution in [2.45, 2.75) is 6.92 Å². The van der Waals surface area contributed by atoms with E-state index >= 15 is 0 Å². The minimum atomic E-state index is -0.142. The minimum Gasteiger partial charge on any atom is -0.320 e. The molecule has 0 saturated heterocycles. The van der Waals surface area contributed by atoms with Gasteiger partial charge in [0.1, 0.15) is 0 Å². The normalized spacial score (nSPS) is 16.5. The van der Waals surface area contributed by atoms with Crippen LogP contribution in [0.3, 0.4) is 0 Å². The molecule has 0 fully saturated rings. The first-order chi connectivity index (χ1) is 10.8. The van der Waals surface area contributed by atoms with Crippen LogP contribution in [-0.4, -0.2) is 10.9 Å². The van der Waals surface area contributed by atoms with E-state index in [1.54, 1.807) is 18.3 Å². The Bertz CT molecular complexity index is 842. The first kappa shape index (κ1) is 14.0. The van der Waals surface area contributed by atoms with E-state index in [-0.39, 0.29) is 5.91 Å². The molecule has 2 aromatic rings. The highest BCUT2D eigenvalue weighted by Gasteiger charge is 2.10. The smallest absolute Gasteiger partial charge is 0.255 e. The summed E-state index contributed by atoms with van der Waals surface area (Å²) in [4.78, 5) is 16.8. The van der Waals surface area contributed by atoms with E-state index in [4.69, 9.17) is 0 Å². The molecule has 1 aromatic heterocycles. The van der Waals surface area contributed by atoms with E-state index in [9.17, 15) is 4.79 Å². The number of anilines is 1. The molecule has 0 saturated carbocycles. The van der Waals surface area contributed by atoms with Crippen LogP contribution >= 0.6 is 0 Å². The maximum absolute atomic E-state index is 12.4. The van der Waals surface area contributed by atoms with Crippen molar-refractivity contribution in [2.24, 2.45) is 0 Å². The number of benzene rings is 1. The van der Waals surface area contributed by atoms with Gasteiger partial charge in [0, 0.05) is 11.0 Å². The average molecular weight is 288 g/mol. The molecule has 22 heavy (non-hydrogen) atoms. The first-order valence-corrected chi connectivity index (χ1v) is 7.13. The lowest BCUT2D eigenvalue weighted by Crippen LogP contribution is -2.14. The Kier molecular flexibility index (Phi) is 3.97. The molecule has 0 atom stereocenters. The molecule has 3 heteroatoms. The van der Waals surface area contributed by atoms with Gasteiger partial charge in [-0.1, -0.05) is 48.6 Å². The topological polar surface area (TPSA) is 42.0 Å². The van der Waals surface area contributed by atoms with Crippen LogP contribution < -0.4 is 5.32 Å². The molecule has 0 aliphatic heterocycles. The SMILES string of the molecule is Cc1c(NC(=O)C2=C/C=C\C=C/C=C2)cnc2ccccc12. The standard InChI is InChI=1S/C19H16N2O/c1-14-16-11-7-8-12-17(16)20-13-18(14)21-19(22)15-9-5-3-2-4-6-10-15/h2-13H,1H3,(H,21,22)/b3-2-,4-2?,5-3?,6-4-,9-5?,10-6?,15-9?,15-10?. The number of rotatable bonds is 2. The summed E-state index contributed by atoms with van der Waals surface area (Å²) in [7, 11) is 0. The van der Waals surface area contributed by atoms with Crippen molar-refractivity contribution in [1.82, 2.24) is 4.98 Å². The van der Waals surface area contributed by atoms with Gasteiger partial charge < -0.3 is 5.32 Å². The lowest BCUT2D eigenvalue weighted by molar-refractivity contribution is -0.112. The minimum absolute atomic E-state index is 0.142. The Morgan fingerprint density at radius 2 is 1.82 bits per heavy atom. The monoisotopic (exact) mass is 288 g/mol. The number of para-hydroxylation sites is 1. The lowest BCUT2D eigenvalue weighted by atomic mass is 10.1. The third-order valence-corrected chi connectivity index (χ3v) is 3.55. The first-order valence-electron chi connectivity index (χ1n) is 7.13. The molecular formula is C19H16N2O. The second-order valence-electron chi connectivity index (χ2n) is 5.02. The third kappa shape index (κ3) is 2.88. The summed E-state index contributed by atoms with van der Waals surface area (Å²) < 4.78 is 0. The molecule has 0 bridgehead atoms. The average Bonchev–Trinajstić information content (AvgIpc) is 2.50. The molecule has 1 aliphatic carbocycles. The van der Waals surface area contributed by atoms with Gasteiger partial charge in [-0.05, 0) is 30.7 Å². The van der Waals surface area contributed by atoms with E-state index in [1.165, 1.54) is 0 Å². The van der Waals surface area contributed by atoms with Gasteiger partial charge >= 0.3 is 0 Å². The molecule has 1 aromatic carbocycles. The number of aryl methyl sites for hydroxylation is 1. The molecule has 1 heterocycles. The highest BCUT2D eigenvalue weighted by atomic mass is 16.1. The van der Waals surface area contributed by atoms with Gasteiger partial charge in [0.2, 0.25) is 0 Å². The Balaban J connectivity index is 1.90. The molecule has 3 rings (SSSR count). The fraction of sp³-hybridized carbons (Fsp3) is 0.0526. The van der Waals surface area contributed by atoms with Crippen molar-refractivity contribution in [3.05, 3.63) is 84.1 Å². The number of aromatic nitrogens is 1. The molecule has 1 amide bonds. The van der Waals surface area contributed by atoms with Gasteiger partial charge in [-0.25, -0.2) is 0 Å². The predicted octanol–water partition coefficient (Wildman–Crippen LogP) is 4.09. The van der Waals surface area contributed by atoms with Gasteiger partial charge in [0.25, 0.3) is 5.91 Å². The van der Waals surface area contributed by atoms with Crippen LogP contribution in [0.25, 0.3) is 10.9 Å². The number of carbonyl (C=O) groups excluding carboxylic acids is 1. The van der Waals surface area contributed by atoms with Crippen molar-refractivity contribution in [3.8, 4) is 0 Å². The van der Waals surface area contributed by atoms with Gasteiger partial charge in [-0.15, -0.1) is 0 Å².